The van der Waals surface area contributed by atoms with E-state index in [0.29, 0.717) is 12.0 Å². The third kappa shape index (κ3) is 5.33. The second-order valence-electron chi connectivity index (χ2n) is 5.34. The maximum absolute atomic E-state index is 4.18. The van der Waals surface area contributed by atoms with E-state index in [-0.39, 0.29) is 0 Å². The first kappa shape index (κ1) is 14.2. The van der Waals surface area contributed by atoms with E-state index in [1.807, 2.05) is 17.9 Å². The molecule has 1 aromatic heterocycles. The molecular weight excluding hydrogens is 212 g/mol. The number of nitrogens with one attached hydrogen (secondary N) is 1. The molecule has 1 aromatic rings. The molecule has 1 atom stereocenters. The Hall–Kier alpha value is -0.870. The van der Waals surface area contributed by atoms with Gasteiger partial charge < -0.3 is 10.2 Å². The minimum atomic E-state index is 0.557. The van der Waals surface area contributed by atoms with Crippen LogP contribution in [0.15, 0.2) is 12.4 Å². The van der Waals surface area contributed by atoms with Crippen LogP contribution in [-0.2, 0) is 13.5 Å². The lowest BCUT2D eigenvalue weighted by Gasteiger charge is -2.25. The Labute approximate surface area is 105 Å². The van der Waals surface area contributed by atoms with Crippen LogP contribution in [0.3, 0.4) is 0 Å². The minimum absolute atomic E-state index is 0.557. The van der Waals surface area contributed by atoms with Crippen molar-refractivity contribution in [3.8, 4) is 0 Å². The first-order valence-electron chi connectivity index (χ1n) is 6.34. The smallest absolute Gasteiger partial charge is 0.0522 e. The van der Waals surface area contributed by atoms with Gasteiger partial charge in [-0.15, -0.1) is 0 Å². The lowest BCUT2D eigenvalue weighted by Crippen LogP contribution is -2.42. The van der Waals surface area contributed by atoms with E-state index >= 15 is 0 Å². The van der Waals surface area contributed by atoms with E-state index in [2.05, 4.69) is 49.5 Å². The van der Waals surface area contributed by atoms with Gasteiger partial charge in [0.1, 0.15) is 0 Å². The molecule has 0 radical (unpaired) electrons. The predicted octanol–water partition coefficient (Wildman–Crippen LogP) is 1.14. The van der Waals surface area contributed by atoms with Gasteiger partial charge >= 0.3 is 0 Å². The zero-order valence-electron chi connectivity index (χ0n) is 11.8. The lowest BCUT2D eigenvalue weighted by atomic mass is 10.0. The van der Waals surface area contributed by atoms with Crippen LogP contribution in [0, 0.1) is 5.92 Å². The molecule has 0 amide bonds. The van der Waals surface area contributed by atoms with Crippen molar-refractivity contribution in [2.24, 2.45) is 13.0 Å². The summed E-state index contributed by atoms with van der Waals surface area (Å²) in [4.78, 5) is 2.24. The number of nitrogens with zero attached hydrogens (tertiary/aromatic N) is 3. The molecule has 0 aromatic carbocycles. The highest BCUT2D eigenvalue weighted by Gasteiger charge is 2.13. The summed E-state index contributed by atoms with van der Waals surface area (Å²) in [6.45, 7) is 6.64. The van der Waals surface area contributed by atoms with Crippen LogP contribution < -0.4 is 5.32 Å². The van der Waals surface area contributed by atoms with Crippen LogP contribution in [0.4, 0.5) is 0 Å². The molecule has 0 spiro atoms. The van der Waals surface area contributed by atoms with E-state index < -0.39 is 0 Å². The quantitative estimate of drug-likeness (QED) is 0.773. The molecule has 0 aliphatic rings. The van der Waals surface area contributed by atoms with Crippen LogP contribution in [0.5, 0.6) is 0 Å². The van der Waals surface area contributed by atoms with Crippen LogP contribution in [-0.4, -0.2) is 47.9 Å². The van der Waals surface area contributed by atoms with Gasteiger partial charge in [0.15, 0.2) is 0 Å². The Kier molecular flexibility index (Phi) is 5.65. The molecule has 4 heteroatoms. The number of hydrogen-bond acceptors (Lipinski definition) is 3. The van der Waals surface area contributed by atoms with Crippen LogP contribution >= 0.6 is 0 Å². The van der Waals surface area contributed by atoms with E-state index in [1.165, 1.54) is 5.56 Å². The van der Waals surface area contributed by atoms with Gasteiger partial charge in [-0.3, -0.25) is 4.68 Å². The van der Waals surface area contributed by atoms with Crippen molar-refractivity contribution < 1.29 is 0 Å². The van der Waals surface area contributed by atoms with E-state index in [4.69, 9.17) is 0 Å². The third-order valence-corrected chi connectivity index (χ3v) is 2.95. The number of rotatable bonds is 7. The van der Waals surface area contributed by atoms with Gasteiger partial charge in [0, 0.05) is 25.8 Å². The molecule has 0 aliphatic heterocycles. The molecule has 0 bridgehead atoms. The topological polar surface area (TPSA) is 33.1 Å². The fourth-order valence-corrected chi connectivity index (χ4v) is 1.91. The predicted molar refractivity (Wildman–Crippen MR) is 72.1 cm³/mol. The van der Waals surface area contributed by atoms with Crippen molar-refractivity contribution in [2.45, 2.75) is 26.3 Å². The van der Waals surface area contributed by atoms with Crippen molar-refractivity contribution in [1.29, 1.82) is 0 Å². The van der Waals surface area contributed by atoms with Gasteiger partial charge in [-0.05, 0) is 38.5 Å². The van der Waals surface area contributed by atoms with Crippen LogP contribution in [0.25, 0.3) is 0 Å². The first-order chi connectivity index (χ1) is 7.99. The van der Waals surface area contributed by atoms with Crippen LogP contribution in [0.2, 0.25) is 0 Å². The second kappa shape index (κ2) is 6.77. The first-order valence-corrected chi connectivity index (χ1v) is 6.34. The largest absolute Gasteiger partial charge is 0.312 e. The minimum Gasteiger partial charge on any atom is -0.312 e. The average Bonchev–Trinajstić information content (AvgIpc) is 2.62. The summed E-state index contributed by atoms with van der Waals surface area (Å²) in [5, 5.41) is 7.81. The molecule has 98 valence electrons. The summed E-state index contributed by atoms with van der Waals surface area (Å²) in [6, 6.07) is 0.557. The summed E-state index contributed by atoms with van der Waals surface area (Å²) in [5.74, 6) is 0.659. The Morgan fingerprint density at radius 2 is 2.12 bits per heavy atom. The molecule has 0 saturated heterocycles. The van der Waals surface area contributed by atoms with Crippen molar-refractivity contribution in [2.75, 3.05) is 27.2 Å². The molecule has 0 fully saturated rings. The highest BCUT2D eigenvalue weighted by molar-refractivity contribution is 5.03. The van der Waals surface area contributed by atoms with Gasteiger partial charge in [-0.1, -0.05) is 13.8 Å². The Morgan fingerprint density at radius 3 is 2.59 bits per heavy atom. The summed E-state index contributed by atoms with van der Waals surface area (Å²) in [5.41, 5.74) is 1.30. The standard InChI is InChI=1S/C13H26N4/c1-11(2)13(10-16(3)4)14-7-6-12-8-15-17(5)9-12/h8-9,11,13-14H,6-7,10H2,1-5H3. The van der Waals surface area contributed by atoms with E-state index in [1.54, 1.807) is 0 Å². The number of aryl methyl sites for hydroxylation is 1. The Morgan fingerprint density at radius 1 is 1.41 bits per heavy atom. The lowest BCUT2D eigenvalue weighted by molar-refractivity contribution is 0.290. The molecule has 1 heterocycles. The fraction of sp³-hybridized carbons (Fsp3) is 0.769. The van der Waals surface area contributed by atoms with Crippen molar-refractivity contribution in [3.63, 3.8) is 0 Å². The highest BCUT2D eigenvalue weighted by Crippen LogP contribution is 2.03. The maximum atomic E-state index is 4.18. The third-order valence-electron chi connectivity index (χ3n) is 2.95. The van der Waals surface area contributed by atoms with Gasteiger partial charge in [-0.25, -0.2) is 0 Å². The second-order valence-corrected chi connectivity index (χ2v) is 5.34. The zero-order chi connectivity index (χ0) is 12.8. The Bertz CT molecular complexity index is 317. The van der Waals surface area contributed by atoms with Gasteiger partial charge in [0.2, 0.25) is 0 Å². The number of hydrogen-bond donors (Lipinski definition) is 1. The molecule has 1 rings (SSSR count). The van der Waals surface area contributed by atoms with Gasteiger partial charge in [0.05, 0.1) is 6.20 Å². The summed E-state index contributed by atoms with van der Waals surface area (Å²) in [6.07, 6.45) is 5.07. The van der Waals surface area contributed by atoms with Gasteiger partial charge in [0.25, 0.3) is 0 Å². The highest BCUT2D eigenvalue weighted by atomic mass is 15.2. The number of aromatic nitrogens is 2. The molecule has 0 aliphatic carbocycles. The monoisotopic (exact) mass is 238 g/mol. The molecule has 1 N–H and O–H groups in total. The van der Waals surface area contributed by atoms with E-state index in [0.717, 1.165) is 19.5 Å². The Balaban J connectivity index is 2.31. The summed E-state index contributed by atoms with van der Waals surface area (Å²) < 4.78 is 1.86. The van der Waals surface area contributed by atoms with Crippen molar-refractivity contribution in [3.05, 3.63) is 18.0 Å². The average molecular weight is 238 g/mol. The molecule has 4 nitrogen and oxygen atoms in total. The molecule has 0 saturated carbocycles. The van der Waals surface area contributed by atoms with Gasteiger partial charge in [-0.2, -0.15) is 5.10 Å². The van der Waals surface area contributed by atoms with Crippen molar-refractivity contribution >= 4 is 0 Å². The summed E-state index contributed by atoms with van der Waals surface area (Å²) >= 11 is 0. The maximum Gasteiger partial charge on any atom is 0.0522 e. The molecule has 1 unspecified atom stereocenters. The van der Waals surface area contributed by atoms with E-state index in [9.17, 15) is 0 Å². The van der Waals surface area contributed by atoms with Crippen LogP contribution in [0.1, 0.15) is 19.4 Å². The fourth-order valence-electron chi connectivity index (χ4n) is 1.91. The van der Waals surface area contributed by atoms with Crippen molar-refractivity contribution in [1.82, 2.24) is 20.0 Å². The number of likely N-dealkylation sites (N-methyl/N-ethyl adjacent to an activating group) is 1. The SMILES string of the molecule is CC(C)C(CN(C)C)NCCc1cnn(C)c1. The zero-order valence-corrected chi connectivity index (χ0v) is 11.8. The molecular formula is C13H26N4. The molecule has 17 heavy (non-hydrogen) atoms. The normalized spacial score (nSPS) is 13.6. The summed E-state index contributed by atoms with van der Waals surface area (Å²) in [7, 11) is 6.20.